The summed E-state index contributed by atoms with van der Waals surface area (Å²) < 4.78 is 0. The predicted octanol–water partition coefficient (Wildman–Crippen LogP) is -0.854. The number of hydrogen-bond acceptors (Lipinski definition) is 8. The second-order valence-electron chi connectivity index (χ2n) is 7.68. The van der Waals surface area contributed by atoms with Gasteiger partial charge in [-0.1, -0.05) is 0 Å². The number of pyridine rings is 1. The number of nitrogens with zero attached hydrogens (tertiary/aromatic N) is 3. The minimum atomic E-state index is -0.820. The van der Waals surface area contributed by atoms with Gasteiger partial charge in [-0.2, -0.15) is 0 Å². The molecule has 0 bridgehead atoms. The summed E-state index contributed by atoms with van der Waals surface area (Å²) in [6.45, 7) is 6.17. The lowest BCUT2D eigenvalue weighted by atomic mass is 9.99. The number of nitrogens with two attached hydrogens (primary N) is 2. The van der Waals surface area contributed by atoms with E-state index < -0.39 is 12.1 Å². The molecule has 3 rings (SSSR count). The van der Waals surface area contributed by atoms with E-state index in [1.807, 2.05) is 6.07 Å². The molecule has 28 heavy (non-hydrogen) atoms. The molecular formula is C18H31ClN8O. The van der Waals surface area contributed by atoms with Crippen LogP contribution >= 0.6 is 11.6 Å². The number of rotatable bonds is 5. The zero-order valence-corrected chi connectivity index (χ0v) is 17.2. The highest BCUT2D eigenvalue weighted by Crippen LogP contribution is 2.28. The van der Waals surface area contributed by atoms with Crippen LogP contribution < -0.4 is 32.3 Å². The first-order chi connectivity index (χ1) is 13.4. The number of hydrogen-bond donors (Lipinski definition) is 5. The maximum absolute atomic E-state index is 13.1. The first-order valence-electron chi connectivity index (χ1n) is 9.69. The fourth-order valence-corrected chi connectivity index (χ4v) is 4.08. The minimum Gasteiger partial charge on any atom is -0.364 e. The highest BCUT2D eigenvalue weighted by Gasteiger charge is 2.35. The molecule has 2 fully saturated rings. The molecule has 2 aliphatic heterocycles. The van der Waals surface area contributed by atoms with Crippen molar-refractivity contribution in [2.45, 2.75) is 30.7 Å². The van der Waals surface area contributed by atoms with Crippen molar-refractivity contribution in [2.24, 2.45) is 17.4 Å². The number of carbonyl (C=O) groups is 1. The van der Waals surface area contributed by atoms with E-state index in [-0.39, 0.29) is 17.5 Å². The lowest BCUT2D eigenvalue weighted by Gasteiger charge is -2.40. The van der Waals surface area contributed by atoms with Crippen LogP contribution in [0.5, 0.6) is 0 Å². The lowest BCUT2D eigenvalue weighted by Crippen LogP contribution is -2.64. The molecule has 9 nitrogen and oxygen atoms in total. The highest BCUT2D eigenvalue weighted by molar-refractivity contribution is 6.21. The van der Waals surface area contributed by atoms with Gasteiger partial charge in [-0.25, -0.2) is 0 Å². The number of piperazine rings is 1. The van der Waals surface area contributed by atoms with Gasteiger partial charge < -0.3 is 26.6 Å². The zero-order valence-electron chi connectivity index (χ0n) is 16.4. The molecule has 10 heteroatoms. The van der Waals surface area contributed by atoms with Crippen molar-refractivity contribution >= 4 is 28.9 Å². The number of anilines is 2. The van der Waals surface area contributed by atoms with E-state index in [2.05, 4.69) is 44.7 Å². The maximum atomic E-state index is 13.1. The van der Waals surface area contributed by atoms with Gasteiger partial charge in [0.25, 0.3) is 0 Å². The Morgan fingerprint density at radius 3 is 2.71 bits per heavy atom. The van der Waals surface area contributed by atoms with Crippen molar-refractivity contribution in [3.63, 3.8) is 0 Å². The summed E-state index contributed by atoms with van der Waals surface area (Å²) in [6.07, 6.45) is 2.26. The van der Waals surface area contributed by atoms with Gasteiger partial charge in [-0.3, -0.25) is 20.4 Å². The molecule has 2 saturated heterocycles. The first kappa shape index (κ1) is 21.2. The lowest BCUT2D eigenvalue weighted by molar-refractivity contribution is -0.121. The number of nitrogens with one attached hydrogen (secondary N) is 3. The van der Waals surface area contributed by atoms with Gasteiger partial charge in [0, 0.05) is 45.0 Å². The third-order valence-corrected chi connectivity index (χ3v) is 5.70. The van der Waals surface area contributed by atoms with Crippen LogP contribution in [0.4, 0.5) is 11.4 Å². The molecule has 2 atom stereocenters. The number of amides is 1. The third kappa shape index (κ3) is 4.91. The van der Waals surface area contributed by atoms with E-state index in [0.717, 1.165) is 25.3 Å². The van der Waals surface area contributed by atoms with Crippen molar-refractivity contribution in [1.82, 2.24) is 20.5 Å². The second kappa shape index (κ2) is 9.34. The zero-order chi connectivity index (χ0) is 20.3. The Hall–Kier alpha value is -1.49. The van der Waals surface area contributed by atoms with Crippen molar-refractivity contribution in [1.29, 1.82) is 0 Å². The summed E-state index contributed by atoms with van der Waals surface area (Å²) in [5.41, 5.74) is 13.5. The smallest absolute Gasteiger partial charge is 0.233 e. The molecule has 0 aromatic carbocycles. The number of alkyl halides is 1. The second-order valence-corrected chi connectivity index (χ2v) is 8.30. The van der Waals surface area contributed by atoms with E-state index in [1.165, 1.54) is 0 Å². The Bertz CT molecular complexity index is 667. The van der Waals surface area contributed by atoms with Gasteiger partial charge in [0.2, 0.25) is 5.91 Å². The first-order valence-corrected chi connectivity index (χ1v) is 10.1. The van der Waals surface area contributed by atoms with Gasteiger partial charge in [0.1, 0.15) is 0 Å². The fraction of sp³-hybridized carbons (Fsp3) is 0.667. The molecule has 0 spiro atoms. The van der Waals surface area contributed by atoms with Crippen LogP contribution in [0.2, 0.25) is 0 Å². The summed E-state index contributed by atoms with van der Waals surface area (Å²) in [5.74, 6) is -0.897. The molecule has 7 N–H and O–H groups in total. The van der Waals surface area contributed by atoms with Gasteiger partial charge in [0.15, 0.2) is 0 Å². The van der Waals surface area contributed by atoms with E-state index >= 15 is 0 Å². The quantitative estimate of drug-likeness (QED) is 0.314. The Balaban J connectivity index is 1.76. The van der Waals surface area contributed by atoms with Gasteiger partial charge >= 0.3 is 0 Å². The molecule has 0 aliphatic carbocycles. The molecule has 0 saturated carbocycles. The molecular weight excluding hydrogens is 380 g/mol. The van der Waals surface area contributed by atoms with Crippen molar-refractivity contribution in [3.05, 3.63) is 18.5 Å². The Morgan fingerprint density at radius 2 is 2.07 bits per heavy atom. The van der Waals surface area contributed by atoms with Crippen LogP contribution in [0, 0.1) is 5.92 Å². The Morgan fingerprint density at radius 1 is 1.36 bits per heavy atom. The van der Waals surface area contributed by atoms with Crippen LogP contribution in [0.1, 0.15) is 6.92 Å². The molecule has 1 aromatic heterocycles. The van der Waals surface area contributed by atoms with Crippen LogP contribution in [-0.4, -0.2) is 79.3 Å². The van der Waals surface area contributed by atoms with E-state index in [4.69, 9.17) is 23.1 Å². The largest absolute Gasteiger partial charge is 0.364 e. The number of carbonyl (C=O) groups excluding carboxylic acids is 1. The van der Waals surface area contributed by atoms with Gasteiger partial charge in [-0.15, -0.1) is 11.6 Å². The fourth-order valence-electron chi connectivity index (χ4n) is 3.90. The minimum absolute atomic E-state index is 0.0300. The van der Waals surface area contributed by atoms with Crippen molar-refractivity contribution < 1.29 is 4.79 Å². The summed E-state index contributed by atoms with van der Waals surface area (Å²) in [5, 5.41) is 9.39. The molecule has 2 unspecified atom stereocenters. The maximum Gasteiger partial charge on any atom is 0.233 e. The molecule has 2 aliphatic rings. The summed E-state index contributed by atoms with van der Waals surface area (Å²) in [7, 11) is 2.12. The summed E-state index contributed by atoms with van der Waals surface area (Å²) in [6, 6.07) is 2.26. The summed E-state index contributed by atoms with van der Waals surface area (Å²) in [4.78, 5) is 21.9. The average molecular weight is 411 g/mol. The van der Waals surface area contributed by atoms with E-state index in [0.29, 0.717) is 24.8 Å². The Labute approximate surface area is 171 Å². The van der Waals surface area contributed by atoms with Crippen LogP contribution in [-0.2, 0) is 4.79 Å². The van der Waals surface area contributed by atoms with Crippen LogP contribution in [0.15, 0.2) is 18.5 Å². The standard InChI is InChI=1S/C18H31ClN8O/c1-11-10-26(2)5-6-27(11)14-3-4-22-9-13(14)25-18(28)15(16(20)21)17-23-7-12(19)8-24-17/h3-4,9,11-12,15-17,23-24H,5-8,10,20-21H2,1-2H3,(H,25,28). The molecule has 1 aromatic rings. The number of halogens is 1. The average Bonchev–Trinajstić information content (AvgIpc) is 2.64. The Kier molecular flexibility index (Phi) is 7.08. The van der Waals surface area contributed by atoms with Crippen molar-refractivity contribution in [3.8, 4) is 0 Å². The third-order valence-electron chi connectivity index (χ3n) is 5.39. The van der Waals surface area contributed by atoms with Crippen molar-refractivity contribution in [2.75, 3.05) is 50.0 Å². The SMILES string of the molecule is CC1CN(C)CCN1c1ccncc1NC(=O)C(C(N)N)C1NCC(Cl)CN1. The van der Waals surface area contributed by atoms with Crippen LogP contribution in [0.3, 0.4) is 0 Å². The monoisotopic (exact) mass is 410 g/mol. The topological polar surface area (TPSA) is 125 Å². The highest BCUT2D eigenvalue weighted by atomic mass is 35.5. The molecule has 156 valence electrons. The normalized spacial score (nSPS) is 27.6. The molecule has 3 heterocycles. The van der Waals surface area contributed by atoms with Crippen LogP contribution in [0.25, 0.3) is 0 Å². The molecule has 0 radical (unpaired) electrons. The van der Waals surface area contributed by atoms with E-state index in [1.54, 1.807) is 12.4 Å². The van der Waals surface area contributed by atoms with E-state index in [9.17, 15) is 4.79 Å². The van der Waals surface area contributed by atoms with Gasteiger partial charge in [-0.05, 0) is 20.0 Å². The summed E-state index contributed by atoms with van der Waals surface area (Å²) >= 11 is 6.10. The molecule has 1 amide bonds. The predicted molar refractivity (Wildman–Crippen MR) is 112 cm³/mol. The number of aromatic nitrogens is 1. The van der Waals surface area contributed by atoms with Gasteiger partial charge in [0.05, 0.1) is 41.2 Å². The number of likely N-dealkylation sites (N-methyl/N-ethyl adjacent to an activating group) is 1.